The zero-order chi connectivity index (χ0) is 28.9. The number of ether oxygens (including phenoxy) is 5. The van der Waals surface area contributed by atoms with Crippen LogP contribution < -0.4 is 23.7 Å². The number of methoxy groups -OCH3 is 4. The van der Waals surface area contributed by atoms with Gasteiger partial charge in [0.25, 0.3) is 0 Å². The number of carbonyl (C=O) groups is 1. The highest BCUT2D eigenvalue weighted by Crippen LogP contribution is 2.47. The standard InChI is InChI=1S/C35H32O6/c1-22-10-6-7-11-25(22)34-26-12-8-9-13-29(26)41-35(24-15-19-31(38-3)33(21-24)40-5)27(34)16-17-28(36)23-14-18-30(37-2)32(20-23)39-4/h6-21,34H,1-5H3/b17-16-/t34-/m0/s1. The molecule has 0 aromatic heterocycles. The van der Waals surface area contributed by atoms with E-state index in [2.05, 4.69) is 25.1 Å². The number of ketones is 1. The lowest BCUT2D eigenvalue weighted by Crippen LogP contribution is -2.16. The first-order chi connectivity index (χ1) is 20.0. The molecule has 1 aliphatic rings. The van der Waals surface area contributed by atoms with E-state index in [1.165, 1.54) is 0 Å². The van der Waals surface area contributed by atoms with Crippen molar-refractivity contribution in [2.24, 2.45) is 0 Å². The monoisotopic (exact) mass is 548 g/mol. The van der Waals surface area contributed by atoms with Crippen LogP contribution in [0.5, 0.6) is 28.7 Å². The third-order valence-electron chi connectivity index (χ3n) is 7.24. The summed E-state index contributed by atoms with van der Waals surface area (Å²) in [6.07, 6.45) is 3.44. The molecule has 6 heteroatoms. The molecule has 1 atom stereocenters. The molecule has 0 fully saturated rings. The highest BCUT2D eigenvalue weighted by atomic mass is 16.5. The van der Waals surface area contributed by atoms with E-state index in [1.807, 2.05) is 54.6 Å². The third kappa shape index (κ3) is 5.41. The Balaban J connectivity index is 1.70. The van der Waals surface area contributed by atoms with Gasteiger partial charge in [-0.2, -0.15) is 0 Å². The summed E-state index contributed by atoms with van der Waals surface area (Å²) in [5.41, 5.74) is 5.41. The van der Waals surface area contributed by atoms with Gasteiger partial charge in [-0.3, -0.25) is 4.79 Å². The minimum atomic E-state index is -0.182. The molecule has 5 rings (SSSR count). The van der Waals surface area contributed by atoms with E-state index in [-0.39, 0.29) is 11.7 Å². The summed E-state index contributed by atoms with van der Waals surface area (Å²) in [5.74, 6) is 3.28. The average molecular weight is 549 g/mol. The van der Waals surface area contributed by atoms with Gasteiger partial charge in [-0.25, -0.2) is 0 Å². The van der Waals surface area contributed by atoms with Gasteiger partial charge in [0.1, 0.15) is 11.5 Å². The summed E-state index contributed by atoms with van der Waals surface area (Å²) >= 11 is 0. The fourth-order valence-electron chi connectivity index (χ4n) is 5.15. The molecule has 0 spiro atoms. The lowest BCUT2D eigenvalue weighted by atomic mass is 9.79. The Labute approximate surface area is 240 Å². The van der Waals surface area contributed by atoms with E-state index in [0.717, 1.165) is 33.6 Å². The lowest BCUT2D eigenvalue weighted by molar-refractivity contribution is 0.104. The Bertz CT molecular complexity index is 1650. The van der Waals surface area contributed by atoms with Crippen LogP contribution in [0.15, 0.2) is 103 Å². The van der Waals surface area contributed by atoms with Crippen molar-refractivity contribution in [3.8, 4) is 28.7 Å². The summed E-state index contributed by atoms with van der Waals surface area (Å²) in [6, 6.07) is 27.1. The van der Waals surface area contributed by atoms with Crippen LogP contribution in [0.1, 0.15) is 38.5 Å². The Morgan fingerprint density at radius 1 is 0.707 bits per heavy atom. The van der Waals surface area contributed by atoms with Gasteiger partial charge in [0.15, 0.2) is 28.8 Å². The maximum Gasteiger partial charge on any atom is 0.185 e. The highest BCUT2D eigenvalue weighted by Gasteiger charge is 2.31. The van der Waals surface area contributed by atoms with Gasteiger partial charge in [-0.05, 0) is 66.6 Å². The van der Waals surface area contributed by atoms with Crippen molar-refractivity contribution in [2.75, 3.05) is 28.4 Å². The zero-order valence-corrected chi connectivity index (χ0v) is 23.8. The number of para-hydroxylation sites is 1. The van der Waals surface area contributed by atoms with Gasteiger partial charge >= 0.3 is 0 Å². The maximum atomic E-state index is 13.5. The molecule has 0 amide bonds. The van der Waals surface area contributed by atoms with Crippen LogP contribution in [0.4, 0.5) is 0 Å². The Morgan fingerprint density at radius 3 is 2.00 bits per heavy atom. The normalized spacial score (nSPS) is 14.3. The SMILES string of the molecule is COc1ccc(C(=O)/C=C\C2=C(c3ccc(OC)c(OC)c3)Oc3ccccc3[C@@H]2c2ccccc2C)cc1OC. The molecule has 4 aromatic rings. The molecule has 0 saturated carbocycles. The van der Waals surface area contributed by atoms with Crippen molar-refractivity contribution in [3.05, 3.63) is 130 Å². The van der Waals surface area contributed by atoms with E-state index in [0.29, 0.717) is 34.3 Å². The fourth-order valence-corrected chi connectivity index (χ4v) is 5.15. The Hall–Kier alpha value is -4.97. The number of rotatable bonds is 9. The van der Waals surface area contributed by atoms with Crippen LogP contribution in [0, 0.1) is 6.92 Å². The molecule has 0 saturated heterocycles. The number of aryl methyl sites for hydroxylation is 1. The summed E-state index contributed by atoms with van der Waals surface area (Å²) in [6.45, 7) is 2.10. The predicted molar refractivity (Wildman–Crippen MR) is 160 cm³/mol. The number of allylic oxidation sites excluding steroid dienone is 3. The van der Waals surface area contributed by atoms with Crippen molar-refractivity contribution in [1.29, 1.82) is 0 Å². The summed E-state index contributed by atoms with van der Waals surface area (Å²) < 4.78 is 28.4. The third-order valence-corrected chi connectivity index (χ3v) is 7.24. The lowest BCUT2D eigenvalue weighted by Gasteiger charge is -2.31. The van der Waals surface area contributed by atoms with Crippen molar-refractivity contribution in [2.45, 2.75) is 12.8 Å². The molecule has 41 heavy (non-hydrogen) atoms. The van der Waals surface area contributed by atoms with Crippen molar-refractivity contribution in [1.82, 2.24) is 0 Å². The van der Waals surface area contributed by atoms with Crippen LogP contribution in [-0.2, 0) is 0 Å². The van der Waals surface area contributed by atoms with Crippen LogP contribution in [-0.4, -0.2) is 34.2 Å². The van der Waals surface area contributed by atoms with Gasteiger partial charge in [0, 0.05) is 28.2 Å². The van der Waals surface area contributed by atoms with Crippen molar-refractivity contribution >= 4 is 11.5 Å². The molecule has 1 aliphatic heterocycles. The predicted octanol–water partition coefficient (Wildman–Crippen LogP) is 7.40. The average Bonchev–Trinajstić information content (AvgIpc) is 3.02. The van der Waals surface area contributed by atoms with Crippen LogP contribution in [0.3, 0.4) is 0 Å². The van der Waals surface area contributed by atoms with Gasteiger partial charge in [0.2, 0.25) is 0 Å². The van der Waals surface area contributed by atoms with E-state index in [9.17, 15) is 4.79 Å². The second-order valence-electron chi connectivity index (χ2n) is 9.55. The van der Waals surface area contributed by atoms with Gasteiger partial charge in [-0.1, -0.05) is 48.5 Å². The Morgan fingerprint density at radius 2 is 1.32 bits per heavy atom. The molecule has 4 aromatic carbocycles. The number of hydrogen-bond acceptors (Lipinski definition) is 6. The number of carbonyl (C=O) groups excluding carboxylic acids is 1. The van der Waals surface area contributed by atoms with E-state index < -0.39 is 0 Å². The van der Waals surface area contributed by atoms with Crippen molar-refractivity contribution < 1.29 is 28.5 Å². The first kappa shape index (κ1) is 27.6. The second kappa shape index (κ2) is 12.0. The van der Waals surface area contributed by atoms with Crippen molar-refractivity contribution in [3.63, 3.8) is 0 Å². The zero-order valence-electron chi connectivity index (χ0n) is 23.8. The van der Waals surface area contributed by atoms with Crippen LogP contribution in [0.2, 0.25) is 0 Å². The van der Waals surface area contributed by atoms with Gasteiger partial charge in [0.05, 0.1) is 28.4 Å². The molecule has 0 unspecified atom stereocenters. The maximum absolute atomic E-state index is 13.5. The molecular formula is C35H32O6. The summed E-state index contributed by atoms with van der Waals surface area (Å²) in [4.78, 5) is 13.5. The first-order valence-electron chi connectivity index (χ1n) is 13.2. The quantitative estimate of drug-likeness (QED) is 0.160. The first-order valence-corrected chi connectivity index (χ1v) is 13.2. The van der Waals surface area contributed by atoms with Gasteiger partial charge < -0.3 is 23.7 Å². The van der Waals surface area contributed by atoms with E-state index >= 15 is 0 Å². The summed E-state index contributed by atoms with van der Waals surface area (Å²) in [7, 11) is 6.32. The number of fused-ring (bicyclic) bond motifs is 1. The smallest absolute Gasteiger partial charge is 0.185 e. The van der Waals surface area contributed by atoms with Crippen LogP contribution in [0.25, 0.3) is 5.76 Å². The minimum Gasteiger partial charge on any atom is -0.493 e. The van der Waals surface area contributed by atoms with Crippen LogP contribution >= 0.6 is 0 Å². The topological polar surface area (TPSA) is 63.2 Å². The molecule has 6 nitrogen and oxygen atoms in total. The fraction of sp³-hybridized carbons (Fsp3) is 0.171. The van der Waals surface area contributed by atoms with E-state index in [1.54, 1.807) is 52.7 Å². The molecule has 0 radical (unpaired) electrons. The number of hydrogen-bond donors (Lipinski definition) is 0. The molecule has 0 bridgehead atoms. The Kier molecular flexibility index (Phi) is 8.11. The summed E-state index contributed by atoms with van der Waals surface area (Å²) in [5, 5.41) is 0. The molecule has 0 N–H and O–H groups in total. The number of benzene rings is 4. The molecule has 208 valence electrons. The molecule has 0 aliphatic carbocycles. The minimum absolute atomic E-state index is 0.174. The molecular weight excluding hydrogens is 516 g/mol. The molecule has 1 heterocycles. The van der Waals surface area contributed by atoms with Gasteiger partial charge in [-0.15, -0.1) is 0 Å². The second-order valence-corrected chi connectivity index (χ2v) is 9.55. The van der Waals surface area contributed by atoms with E-state index in [4.69, 9.17) is 23.7 Å². The highest BCUT2D eigenvalue weighted by molar-refractivity contribution is 6.05. The largest absolute Gasteiger partial charge is 0.493 e.